The fraction of sp³-hybridized carbons (Fsp3) is 0.263. The van der Waals surface area contributed by atoms with Crippen LogP contribution in [0, 0.1) is 6.92 Å². The molecule has 27 heavy (non-hydrogen) atoms. The molecular weight excluding hydrogens is 364 g/mol. The van der Waals surface area contributed by atoms with Gasteiger partial charge in [-0.3, -0.25) is 4.79 Å². The van der Waals surface area contributed by atoms with E-state index in [-0.39, 0.29) is 12.5 Å². The minimum Gasteiger partial charge on any atom is -0.376 e. The first kappa shape index (κ1) is 17.5. The number of carbonyl (C=O) groups excluding carboxylic acids is 1. The monoisotopic (exact) mass is 382 g/mol. The van der Waals surface area contributed by atoms with Crippen LogP contribution in [-0.2, 0) is 4.79 Å². The van der Waals surface area contributed by atoms with Gasteiger partial charge in [0.15, 0.2) is 5.82 Å². The smallest absolute Gasteiger partial charge is 0.243 e. The first-order chi connectivity index (χ1) is 13.1. The van der Waals surface area contributed by atoms with Crippen LogP contribution in [0.15, 0.2) is 42.5 Å². The number of tetrazole rings is 1. The second-order valence-electron chi connectivity index (χ2n) is 6.57. The summed E-state index contributed by atoms with van der Waals surface area (Å²) in [7, 11) is 0. The molecule has 0 atom stereocenters. The predicted octanol–water partition coefficient (Wildman–Crippen LogP) is 3.69. The summed E-state index contributed by atoms with van der Waals surface area (Å²) in [6.45, 7) is 2.03. The van der Waals surface area contributed by atoms with Crippen molar-refractivity contribution in [2.45, 2.75) is 25.8 Å². The van der Waals surface area contributed by atoms with Gasteiger partial charge in [0.1, 0.15) is 0 Å². The molecule has 7 nitrogen and oxygen atoms in total. The molecule has 0 spiro atoms. The summed E-state index contributed by atoms with van der Waals surface area (Å²) in [5.74, 6) is 0.639. The molecule has 138 valence electrons. The van der Waals surface area contributed by atoms with Crippen molar-refractivity contribution in [3.05, 3.63) is 53.1 Å². The van der Waals surface area contributed by atoms with Gasteiger partial charge in [0.25, 0.3) is 0 Å². The first-order valence-corrected chi connectivity index (χ1v) is 9.17. The Hall–Kier alpha value is -2.93. The summed E-state index contributed by atoms with van der Waals surface area (Å²) in [4.78, 5) is 12.2. The Labute approximate surface area is 161 Å². The number of carbonyl (C=O) groups is 1. The quantitative estimate of drug-likeness (QED) is 0.679. The Morgan fingerprint density at radius 1 is 1.22 bits per heavy atom. The third-order valence-corrected chi connectivity index (χ3v) is 4.93. The van der Waals surface area contributed by atoms with Crippen molar-refractivity contribution in [2.75, 3.05) is 17.2 Å². The summed E-state index contributed by atoms with van der Waals surface area (Å²) in [5, 5.41) is 18.6. The summed E-state index contributed by atoms with van der Waals surface area (Å²) < 4.78 is 1.88. The lowest BCUT2D eigenvalue weighted by molar-refractivity contribution is -0.114. The largest absolute Gasteiger partial charge is 0.376 e. The zero-order chi connectivity index (χ0) is 18.8. The van der Waals surface area contributed by atoms with Crippen LogP contribution in [0.25, 0.3) is 11.4 Å². The van der Waals surface area contributed by atoms with Crippen LogP contribution in [-0.4, -0.2) is 32.7 Å². The Kier molecular flexibility index (Phi) is 4.77. The number of halogens is 1. The number of hydrogen-bond acceptors (Lipinski definition) is 5. The van der Waals surface area contributed by atoms with Gasteiger partial charge >= 0.3 is 0 Å². The fourth-order valence-corrected chi connectivity index (χ4v) is 2.98. The minimum absolute atomic E-state index is 0.137. The van der Waals surface area contributed by atoms with Gasteiger partial charge in [-0.25, -0.2) is 4.68 Å². The Morgan fingerprint density at radius 2 is 2.00 bits per heavy atom. The molecular formula is C19H19ClN6O. The molecule has 1 amide bonds. The highest BCUT2D eigenvalue weighted by molar-refractivity contribution is 6.31. The lowest BCUT2D eigenvalue weighted by Crippen LogP contribution is -2.22. The van der Waals surface area contributed by atoms with Crippen LogP contribution in [0.2, 0.25) is 5.02 Å². The topological polar surface area (TPSA) is 84.7 Å². The molecule has 0 aliphatic heterocycles. The highest BCUT2D eigenvalue weighted by Crippen LogP contribution is 2.36. The molecule has 1 fully saturated rings. The van der Waals surface area contributed by atoms with E-state index in [0.717, 1.165) is 41.2 Å². The van der Waals surface area contributed by atoms with E-state index in [2.05, 4.69) is 26.2 Å². The molecule has 0 saturated heterocycles. The Bertz CT molecular complexity index is 965. The van der Waals surface area contributed by atoms with Gasteiger partial charge in [0.2, 0.25) is 5.91 Å². The lowest BCUT2D eigenvalue weighted by atomic mass is 10.2. The number of rotatable bonds is 6. The van der Waals surface area contributed by atoms with Crippen LogP contribution >= 0.6 is 11.6 Å². The second kappa shape index (κ2) is 7.36. The molecule has 0 bridgehead atoms. The Morgan fingerprint density at radius 3 is 2.74 bits per heavy atom. The molecule has 1 aromatic heterocycles. The maximum absolute atomic E-state index is 12.2. The zero-order valence-corrected chi connectivity index (χ0v) is 15.6. The number of amides is 1. The van der Waals surface area contributed by atoms with Gasteiger partial charge in [-0.2, -0.15) is 0 Å². The molecule has 4 rings (SSSR count). The number of nitrogens with zero attached hydrogens (tertiary/aromatic N) is 4. The SMILES string of the molecule is Cc1c(Cl)cccc1NC(=O)CNc1ccc(-c2nnnn2C2CC2)cc1. The van der Waals surface area contributed by atoms with E-state index in [1.807, 2.05) is 48.0 Å². The van der Waals surface area contributed by atoms with Gasteiger partial charge in [-0.15, -0.1) is 5.10 Å². The van der Waals surface area contributed by atoms with E-state index in [1.165, 1.54) is 0 Å². The molecule has 1 saturated carbocycles. The van der Waals surface area contributed by atoms with Crippen molar-refractivity contribution in [1.29, 1.82) is 0 Å². The van der Waals surface area contributed by atoms with Crippen LogP contribution in [0.4, 0.5) is 11.4 Å². The molecule has 1 aliphatic rings. The molecule has 1 aliphatic carbocycles. The van der Waals surface area contributed by atoms with Crippen LogP contribution in [0.3, 0.4) is 0 Å². The minimum atomic E-state index is -0.137. The fourth-order valence-electron chi connectivity index (χ4n) is 2.81. The first-order valence-electron chi connectivity index (χ1n) is 8.79. The van der Waals surface area contributed by atoms with Crippen molar-refractivity contribution in [1.82, 2.24) is 20.2 Å². The average Bonchev–Trinajstić information content (AvgIpc) is 3.41. The van der Waals surface area contributed by atoms with Crippen LogP contribution in [0.1, 0.15) is 24.4 Å². The molecule has 0 radical (unpaired) electrons. The van der Waals surface area contributed by atoms with E-state index in [0.29, 0.717) is 11.1 Å². The third-order valence-electron chi connectivity index (χ3n) is 4.52. The van der Waals surface area contributed by atoms with E-state index in [4.69, 9.17) is 11.6 Å². The lowest BCUT2D eigenvalue weighted by Gasteiger charge is -2.11. The van der Waals surface area contributed by atoms with Crippen molar-refractivity contribution >= 4 is 28.9 Å². The van der Waals surface area contributed by atoms with Gasteiger partial charge in [-0.1, -0.05) is 17.7 Å². The van der Waals surface area contributed by atoms with Crippen molar-refractivity contribution in [2.24, 2.45) is 0 Å². The van der Waals surface area contributed by atoms with Gasteiger partial charge < -0.3 is 10.6 Å². The highest BCUT2D eigenvalue weighted by Gasteiger charge is 2.28. The molecule has 0 unspecified atom stereocenters. The van der Waals surface area contributed by atoms with Gasteiger partial charge in [0.05, 0.1) is 12.6 Å². The summed E-state index contributed by atoms with van der Waals surface area (Å²) in [6.07, 6.45) is 2.25. The van der Waals surface area contributed by atoms with E-state index in [9.17, 15) is 4.79 Å². The molecule has 2 aromatic carbocycles. The third kappa shape index (κ3) is 3.93. The maximum Gasteiger partial charge on any atom is 0.243 e. The number of aromatic nitrogens is 4. The summed E-state index contributed by atoms with van der Waals surface area (Å²) >= 11 is 6.08. The molecule has 8 heteroatoms. The van der Waals surface area contributed by atoms with E-state index < -0.39 is 0 Å². The standard InChI is InChI=1S/C19H19ClN6O/c1-12-16(20)3-2-4-17(12)22-18(27)11-21-14-7-5-13(6-8-14)19-23-24-25-26(19)15-9-10-15/h2-8,15,21H,9-11H2,1H3,(H,22,27). The summed E-state index contributed by atoms with van der Waals surface area (Å²) in [6, 6.07) is 13.6. The second-order valence-corrected chi connectivity index (χ2v) is 6.98. The molecule has 2 N–H and O–H groups in total. The van der Waals surface area contributed by atoms with Crippen LogP contribution in [0.5, 0.6) is 0 Å². The number of benzene rings is 2. The normalized spacial score (nSPS) is 13.4. The van der Waals surface area contributed by atoms with Gasteiger partial charge in [-0.05, 0) is 72.2 Å². The number of nitrogens with one attached hydrogen (secondary N) is 2. The van der Waals surface area contributed by atoms with Crippen molar-refractivity contribution in [3.8, 4) is 11.4 Å². The van der Waals surface area contributed by atoms with Crippen LogP contribution < -0.4 is 10.6 Å². The molecule has 1 heterocycles. The number of hydrogen-bond donors (Lipinski definition) is 2. The number of anilines is 2. The maximum atomic E-state index is 12.2. The molecule has 3 aromatic rings. The predicted molar refractivity (Wildman–Crippen MR) is 105 cm³/mol. The zero-order valence-electron chi connectivity index (χ0n) is 14.8. The van der Waals surface area contributed by atoms with Crippen molar-refractivity contribution in [3.63, 3.8) is 0 Å². The van der Waals surface area contributed by atoms with Crippen molar-refractivity contribution < 1.29 is 4.79 Å². The van der Waals surface area contributed by atoms with E-state index >= 15 is 0 Å². The highest BCUT2D eigenvalue weighted by atomic mass is 35.5. The Balaban J connectivity index is 1.36. The average molecular weight is 383 g/mol. The van der Waals surface area contributed by atoms with E-state index in [1.54, 1.807) is 6.07 Å². The summed E-state index contributed by atoms with van der Waals surface area (Å²) in [5.41, 5.74) is 3.38. The van der Waals surface area contributed by atoms with Gasteiger partial charge in [0, 0.05) is 22.0 Å².